The Morgan fingerprint density at radius 3 is 2.56 bits per heavy atom. The maximum absolute atomic E-state index is 11.7. The number of amides is 1. The highest BCUT2D eigenvalue weighted by Crippen LogP contribution is 2.20. The Balaban J connectivity index is 1.89. The second-order valence-electron chi connectivity index (χ2n) is 4.78. The van der Waals surface area contributed by atoms with E-state index in [4.69, 9.17) is 16.3 Å². The van der Waals surface area contributed by atoms with E-state index in [1.807, 2.05) is 0 Å². The molecule has 2 aromatic rings. The molecule has 2 aromatic carbocycles. The molecule has 128 valence electrons. The Morgan fingerprint density at radius 1 is 1.16 bits per heavy atom. The lowest BCUT2D eigenvalue weighted by Gasteiger charge is -2.06. The number of esters is 1. The molecule has 0 aromatic heterocycles. The van der Waals surface area contributed by atoms with Gasteiger partial charge >= 0.3 is 5.97 Å². The van der Waals surface area contributed by atoms with Crippen molar-refractivity contribution in [1.82, 2.24) is 0 Å². The molecule has 0 heterocycles. The molecule has 0 spiro atoms. The van der Waals surface area contributed by atoms with Crippen LogP contribution in [0.5, 0.6) is 0 Å². The number of carbonyl (C=O) groups excluding carboxylic acids is 2. The molecule has 0 aliphatic rings. The van der Waals surface area contributed by atoms with Crippen LogP contribution in [-0.2, 0) is 14.3 Å². The van der Waals surface area contributed by atoms with Gasteiger partial charge in [0.25, 0.3) is 11.6 Å². The van der Waals surface area contributed by atoms with Crippen LogP contribution in [0.3, 0.4) is 0 Å². The number of hydrogen-bond acceptors (Lipinski definition) is 5. The summed E-state index contributed by atoms with van der Waals surface area (Å²) in [7, 11) is 0. The maximum Gasteiger partial charge on any atom is 0.331 e. The minimum atomic E-state index is -0.799. The summed E-state index contributed by atoms with van der Waals surface area (Å²) >= 11 is 5.90. The van der Waals surface area contributed by atoms with Crippen LogP contribution in [0.15, 0.2) is 54.6 Å². The van der Waals surface area contributed by atoms with Crippen molar-refractivity contribution in [3.05, 3.63) is 75.3 Å². The number of para-hydroxylation sites is 2. The van der Waals surface area contributed by atoms with E-state index >= 15 is 0 Å². The zero-order chi connectivity index (χ0) is 18.2. The molecule has 0 radical (unpaired) electrons. The number of rotatable bonds is 6. The molecule has 0 aliphatic carbocycles. The molecule has 0 bridgehead atoms. The minimum Gasteiger partial charge on any atom is -0.452 e. The Bertz CT molecular complexity index is 835. The molecule has 2 rings (SSSR count). The number of ether oxygens (including phenoxy) is 1. The number of nitrogens with zero attached hydrogens (tertiary/aromatic N) is 1. The molecule has 8 heteroatoms. The average molecular weight is 361 g/mol. The summed E-state index contributed by atoms with van der Waals surface area (Å²) in [6, 6.07) is 12.6. The van der Waals surface area contributed by atoms with Crippen molar-refractivity contribution in [3.63, 3.8) is 0 Å². The summed E-state index contributed by atoms with van der Waals surface area (Å²) in [5, 5.41) is 13.7. The van der Waals surface area contributed by atoms with Gasteiger partial charge in [0.1, 0.15) is 0 Å². The van der Waals surface area contributed by atoms with Crippen molar-refractivity contribution in [3.8, 4) is 0 Å². The van der Waals surface area contributed by atoms with E-state index in [2.05, 4.69) is 5.32 Å². The fraction of sp³-hybridized carbons (Fsp3) is 0.0588. The summed E-state index contributed by atoms with van der Waals surface area (Å²) < 4.78 is 4.79. The molecule has 0 aliphatic heterocycles. The second-order valence-corrected chi connectivity index (χ2v) is 5.19. The van der Waals surface area contributed by atoms with Crippen LogP contribution >= 0.6 is 11.6 Å². The number of benzene rings is 2. The van der Waals surface area contributed by atoms with Gasteiger partial charge in [-0.1, -0.05) is 35.9 Å². The highest BCUT2D eigenvalue weighted by Gasteiger charge is 2.11. The molecule has 7 nitrogen and oxygen atoms in total. The Labute approximate surface area is 148 Å². The molecule has 0 fully saturated rings. The van der Waals surface area contributed by atoms with Gasteiger partial charge in [0.05, 0.1) is 21.2 Å². The van der Waals surface area contributed by atoms with Gasteiger partial charge in [0.2, 0.25) is 0 Å². The predicted molar refractivity (Wildman–Crippen MR) is 93.2 cm³/mol. The van der Waals surface area contributed by atoms with Crippen LogP contribution in [0.25, 0.3) is 6.08 Å². The number of carbonyl (C=O) groups is 2. The lowest BCUT2D eigenvalue weighted by Crippen LogP contribution is -2.20. The van der Waals surface area contributed by atoms with Crippen molar-refractivity contribution < 1.29 is 19.2 Å². The first-order valence-electron chi connectivity index (χ1n) is 7.10. The van der Waals surface area contributed by atoms with E-state index in [9.17, 15) is 19.7 Å². The van der Waals surface area contributed by atoms with Crippen molar-refractivity contribution in [2.24, 2.45) is 0 Å². The summed E-state index contributed by atoms with van der Waals surface area (Å²) in [4.78, 5) is 33.7. The smallest absolute Gasteiger partial charge is 0.331 e. The van der Waals surface area contributed by atoms with Crippen LogP contribution in [0.2, 0.25) is 5.02 Å². The van der Waals surface area contributed by atoms with Crippen LogP contribution in [0.4, 0.5) is 11.4 Å². The number of anilines is 1. The zero-order valence-electron chi connectivity index (χ0n) is 12.8. The number of nitrogens with one attached hydrogen (secondary N) is 1. The summed E-state index contributed by atoms with van der Waals surface area (Å²) in [6.07, 6.45) is 2.28. The average Bonchev–Trinajstić information content (AvgIpc) is 2.60. The zero-order valence-corrected chi connectivity index (χ0v) is 13.6. The summed E-state index contributed by atoms with van der Waals surface area (Å²) in [5.74, 6) is -1.35. The quantitative estimate of drug-likeness (QED) is 0.368. The Hall–Kier alpha value is -3.19. The van der Waals surface area contributed by atoms with Gasteiger partial charge in [0.15, 0.2) is 6.61 Å². The maximum atomic E-state index is 11.7. The Morgan fingerprint density at radius 2 is 1.84 bits per heavy atom. The number of nitro benzene ring substituents is 1. The first-order chi connectivity index (χ1) is 12.0. The molecule has 0 saturated heterocycles. The summed E-state index contributed by atoms with van der Waals surface area (Å²) in [5.41, 5.74) is 0.522. The number of hydrogen-bond donors (Lipinski definition) is 1. The van der Waals surface area contributed by atoms with Crippen LogP contribution in [-0.4, -0.2) is 23.4 Å². The molecule has 1 amide bonds. The third-order valence-electron chi connectivity index (χ3n) is 3.03. The highest BCUT2D eigenvalue weighted by atomic mass is 35.5. The molecule has 0 saturated carbocycles. The lowest BCUT2D eigenvalue weighted by molar-refractivity contribution is -0.385. The van der Waals surface area contributed by atoms with Crippen LogP contribution < -0.4 is 5.32 Å². The normalized spacial score (nSPS) is 10.4. The van der Waals surface area contributed by atoms with E-state index in [1.54, 1.807) is 30.3 Å². The van der Waals surface area contributed by atoms with Crippen molar-refractivity contribution in [1.29, 1.82) is 0 Å². The number of halogens is 1. The minimum absolute atomic E-state index is 0.136. The van der Waals surface area contributed by atoms with Gasteiger partial charge in [-0.3, -0.25) is 14.9 Å². The van der Waals surface area contributed by atoms with Gasteiger partial charge < -0.3 is 10.1 Å². The summed E-state index contributed by atoms with van der Waals surface area (Å²) in [6.45, 7) is -0.509. The first-order valence-corrected chi connectivity index (χ1v) is 7.48. The fourth-order valence-corrected chi connectivity index (χ4v) is 2.07. The van der Waals surface area contributed by atoms with Gasteiger partial charge in [-0.05, 0) is 24.3 Å². The van der Waals surface area contributed by atoms with E-state index in [-0.39, 0.29) is 11.3 Å². The lowest BCUT2D eigenvalue weighted by atomic mass is 10.1. The third kappa shape index (κ3) is 5.43. The SMILES string of the molecule is O=C(COC(=O)/C=C/c1ccccc1[N+](=O)[O-])Nc1ccccc1Cl. The number of nitro groups is 1. The van der Waals surface area contributed by atoms with Crippen LogP contribution in [0, 0.1) is 10.1 Å². The molecule has 0 atom stereocenters. The molecule has 25 heavy (non-hydrogen) atoms. The van der Waals surface area contributed by atoms with Crippen molar-refractivity contribution in [2.45, 2.75) is 0 Å². The Kier molecular flexibility index (Phi) is 6.25. The fourth-order valence-electron chi connectivity index (χ4n) is 1.89. The molecular formula is C17H13ClN2O5. The van der Waals surface area contributed by atoms with E-state index in [1.165, 1.54) is 24.3 Å². The molecule has 1 N–H and O–H groups in total. The van der Waals surface area contributed by atoms with Gasteiger partial charge in [-0.25, -0.2) is 4.79 Å². The van der Waals surface area contributed by atoms with Gasteiger partial charge in [0, 0.05) is 12.1 Å². The largest absolute Gasteiger partial charge is 0.452 e. The topological polar surface area (TPSA) is 98.5 Å². The van der Waals surface area contributed by atoms with E-state index in [0.717, 1.165) is 6.08 Å². The monoisotopic (exact) mass is 360 g/mol. The second kappa shape index (κ2) is 8.60. The first kappa shape index (κ1) is 18.2. The molecular weight excluding hydrogens is 348 g/mol. The van der Waals surface area contributed by atoms with E-state index in [0.29, 0.717) is 10.7 Å². The highest BCUT2D eigenvalue weighted by molar-refractivity contribution is 6.33. The third-order valence-corrected chi connectivity index (χ3v) is 3.36. The predicted octanol–water partition coefficient (Wildman–Crippen LogP) is 3.44. The van der Waals surface area contributed by atoms with Gasteiger partial charge in [-0.2, -0.15) is 0 Å². The van der Waals surface area contributed by atoms with Crippen LogP contribution in [0.1, 0.15) is 5.56 Å². The van der Waals surface area contributed by atoms with Crippen molar-refractivity contribution in [2.75, 3.05) is 11.9 Å². The van der Waals surface area contributed by atoms with Crippen molar-refractivity contribution >= 4 is 40.9 Å². The van der Waals surface area contributed by atoms with E-state index < -0.39 is 23.4 Å². The standard InChI is InChI=1S/C17H13ClN2O5/c18-13-6-2-3-7-14(13)19-16(21)11-25-17(22)10-9-12-5-1-4-8-15(12)20(23)24/h1-10H,11H2,(H,19,21)/b10-9+. The van der Waals surface area contributed by atoms with Gasteiger partial charge in [-0.15, -0.1) is 0 Å². The molecule has 0 unspecified atom stereocenters.